The zero-order valence-corrected chi connectivity index (χ0v) is 7.68. The number of rotatable bonds is 2. The third kappa shape index (κ3) is 2.32. The van der Waals surface area contributed by atoms with Gasteiger partial charge in [-0.25, -0.2) is 4.99 Å². The molecule has 1 aliphatic heterocycles. The topological polar surface area (TPSA) is 81.6 Å². The number of carboxylic acid groups (broad SMARTS) is 1. The smallest absolute Gasteiger partial charge is 0.235 e. The van der Waals surface area contributed by atoms with Crippen LogP contribution in [0.15, 0.2) is 4.99 Å². The fraction of sp³-hybridized carbons (Fsp3) is 0.429. The Hall–Kier alpha value is -1.30. The highest BCUT2D eigenvalue weighted by Gasteiger charge is 2.26. The normalized spacial score (nSPS) is 22.2. The number of carboxylic acids is 1. The van der Waals surface area contributed by atoms with Crippen molar-refractivity contribution in [2.24, 2.45) is 10.9 Å². The van der Waals surface area contributed by atoms with Crippen molar-refractivity contribution in [3.8, 4) is 0 Å². The van der Waals surface area contributed by atoms with E-state index in [0.717, 1.165) is 0 Å². The Labute approximate surface area is 79.8 Å². The van der Waals surface area contributed by atoms with E-state index in [-0.39, 0.29) is 11.5 Å². The summed E-state index contributed by atoms with van der Waals surface area (Å²) in [5, 5.41) is 12.6. The van der Waals surface area contributed by atoms with E-state index >= 15 is 0 Å². The predicted molar refractivity (Wildman–Crippen MR) is 47.0 cm³/mol. The van der Waals surface area contributed by atoms with E-state index in [1.807, 2.05) is 0 Å². The van der Waals surface area contributed by atoms with Crippen molar-refractivity contribution < 1.29 is 14.7 Å². The lowest BCUT2D eigenvalue weighted by atomic mass is 9.98. The molecule has 0 aromatic rings. The van der Waals surface area contributed by atoms with E-state index in [1.54, 1.807) is 6.92 Å². The molecule has 0 unspecified atom stereocenters. The molecule has 1 amide bonds. The van der Waals surface area contributed by atoms with Crippen LogP contribution in [0.1, 0.15) is 13.3 Å². The first kappa shape index (κ1) is 9.79. The number of thiocarbonyl (C=S) groups is 1. The predicted octanol–water partition coefficient (Wildman–Crippen LogP) is -1.38. The van der Waals surface area contributed by atoms with Gasteiger partial charge in [0.05, 0.1) is 5.92 Å². The zero-order chi connectivity index (χ0) is 10.0. The maximum absolute atomic E-state index is 11.2. The standard InChI is InChI=1S/C7H8N2O3S/c1-3-4(2-5(10)11)6(12)9-7(13)8-3/h4H,2H2,1H3,(H,10,11)(H,9,12,13)/p-1/t4-/m1/s1. The van der Waals surface area contributed by atoms with E-state index in [4.69, 9.17) is 0 Å². The van der Waals surface area contributed by atoms with Crippen LogP contribution in [0.25, 0.3) is 0 Å². The molecule has 6 heteroatoms. The molecular weight excluding hydrogens is 192 g/mol. The van der Waals surface area contributed by atoms with Crippen LogP contribution in [0.2, 0.25) is 0 Å². The van der Waals surface area contributed by atoms with Crippen molar-refractivity contribution in [2.75, 3.05) is 0 Å². The summed E-state index contributed by atoms with van der Waals surface area (Å²) in [5.41, 5.74) is 0.415. The van der Waals surface area contributed by atoms with Crippen LogP contribution in [0.3, 0.4) is 0 Å². The number of nitrogens with zero attached hydrogens (tertiary/aromatic N) is 1. The van der Waals surface area contributed by atoms with Crippen LogP contribution in [-0.2, 0) is 9.59 Å². The number of carbonyl (C=O) groups excluding carboxylic acids is 2. The van der Waals surface area contributed by atoms with Crippen LogP contribution in [0.4, 0.5) is 0 Å². The van der Waals surface area contributed by atoms with Crippen molar-refractivity contribution in [1.29, 1.82) is 0 Å². The minimum atomic E-state index is -1.28. The third-order valence-corrected chi connectivity index (χ3v) is 1.89. The van der Waals surface area contributed by atoms with Gasteiger partial charge in [0.25, 0.3) is 0 Å². The van der Waals surface area contributed by atoms with Crippen molar-refractivity contribution in [3.63, 3.8) is 0 Å². The molecule has 0 radical (unpaired) electrons. The summed E-state index contributed by atoms with van der Waals surface area (Å²) in [5.74, 6) is -2.46. The molecule has 1 heterocycles. The van der Waals surface area contributed by atoms with Crippen LogP contribution in [0.5, 0.6) is 0 Å². The lowest BCUT2D eigenvalue weighted by Gasteiger charge is -2.20. The van der Waals surface area contributed by atoms with Gasteiger partial charge in [-0.1, -0.05) is 0 Å². The molecule has 5 nitrogen and oxygen atoms in total. The molecule has 1 atom stereocenters. The van der Waals surface area contributed by atoms with Gasteiger partial charge in [-0.15, -0.1) is 0 Å². The van der Waals surface area contributed by atoms with E-state index < -0.39 is 17.8 Å². The second-order valence-electron chi connectivity index (χ2n) is 2.68. The maximum atomic E-state index is 11.2. The summed E-state index contributed by atoms with van der Waals surface area (Å²) in [7, 11) is 0. The Balaban J connectivity index is 2.84. The number of nitrogens with one attached hydrogen (secondary N) is 1. The average molecular weight is 199 g/mol. The van der Waals surface area contributed by atoms with Crippen molar-refractivity contribution >= 4 is 34.9 Å². The molecule has 70 valence electrons. The Morgan fingerprint density at radius 3 is 2.85 bits per heavy atom. The molecule has 0 aromatic carbocycles. The molecule has 0 spiro atoms. The number of aliphatic imine (C=N–C) groups is 1. The Morgan fingerprint density at radius 2 is 2.38 bits per heavy atom. The Kier molecular flexibility index (Phi) is 2.72. The number of aliphatic carboxylic acids is 1. The van der Waals surface area contributed by atoms with Gasteiger partial charge < -0.3 is 15.2 Å². The Bertz CT molecular complexity index is 311. The highest BCUT2D eigenvalue weighted by molar-refractivity contribution is 7.80. The molecule has 0 bridgehead atoms. The molecule has 0 fully saturated rings. The van der Waals surface area contributed by atoms with Crippen LogP contribution >= 0.6 is 12.2 Å². The monoisotopic (exact) mass is 199 g/mol. The lowest BCUT2D eigenvalue weighted by Crippen LogP contribution is -2.44. The second-order valence-corrected chi connectivity index (χ2v) is 3.06. The van der Waals surface area contributed by atoms with Crippen molar-refractivity contribution in [1.82, 2.24) is 5.32 Å². The number of carbonyl (C=O) groups is 2. The maximum Gasteiger partial charge on any atom is 0.235 e. The molecule has 1 N–H and O–H groups in total. The lowest BCUT2D eigenvalue weighted by molar-refractivity contribution is -0.306. The van der Waals surface area contributed by atoms with Gasteiger partial charge in [0, 0.05) is 18.1 Å². The van der Waals surface area contributed by atoms with Gasteiger partial charge in [0.15, 0.2) is 5.11 Å². The van der Waals surface area contributed by atoms with Crippen LogP contribution < -0.4 is 10.4 Å². The van der Waals surface area contributed by atoms with Crippen molar-refractivity contribution in [2.45, 2.75) is 13.3 Å². The van der Waals surface area contributed by atoms with Gasteiger partial charge in [0.2, 0.25) is 5.91 Å². The SMILES string of the molecule is CC1=NC(=S)NC(=O)[C@@H]1CC(=O)[O-]. The molecule has 1 aliphatic rings. The summed E-state index contributed by atoms with van der Waals surface area (Å²) >= 11 is 4.64. The first-order valence-electron chi connectivity index (χ1n) is 3.60. The van der Waals surface area contributed by atoms with Gasteiger partial charge in [-0.3, -0.25) is 4.79 Å². The Morgan fingerprint density at radius 1 is 1.77 bits per heavy atom. The second kappa shape index (κ2) is 3.61. The fourth-order valence-electron chi connectivity index (χ4n) is 1.06. The number of hydrogen-bond donors (Lipinski definition) is 1. The average Bonchev–Trinajstić information content (AvgIpc) is 1.96. The molecule has 0 aromatic heterocycles. The highest BCUT2D eigenvalue weighted by atomic mass is 32.1. The minimum absolute atomic E-state index is 0.0806. The molecule has 0 saturated heterocycles. The molecule has 1 rings (SSSR count). The number of amides is 1. The summed E-state index contributed by atoms with van der Waals surface area (Å²) in [4.78, 5) is 25.2. The summed E-state index contributed by atoms with van der Waals surface area (Å²) in [6.07, 6.45) is -0.357. The highest BCUT2D eigenvalue weighted by Crippen LogP contribution is 2.10. The third-order valence-electron chi connectivity index (χ3n) is 1.70. The minimum Gasteiger partial charge on any atom is -0.550 e. The molecular formula is C7H7N2O3S-. The number of hydrogen-bond acceptors (Lipinski definition) is 4. The van der Waals surface area contributed by atoms with Gasteiger partial charge >= 0.3 is 0 Å². The van der Waals surface area contributed by atoms with Crippen molar-refractivity contribution in [3.05, 3.63) is 0 Å². The van der Waals surface area contributed by atoms with E-state index in [0.29, 0.717) is 5.71 Å². The summed E-state index contributed by atoms with van der Waals surface area (Å²) < 4.78 is 0. The first-order chi connectivity index (χ1) is 6.00. The van der Waals surface area contributed by atoms with Crippen LogP contribution in [-0.4, -0.2) is 22.7 Å². The summed E-state index contributed by atoms with van der Waals surface area (Å²) in [6, 6.07) is 0. The van der Waals surface area contributed by atoms with Gasteiger partial charge in [-0.05, 0) is 19.1 Å². The van der Waals surface area contributed by atoms with Gasteiger partial charge in [0.1, 0.15) is 0 Å². The molecule has 0 saturated carbocycles. The van der Waals surface area contributed by atoms with E-state index in [2.05, 4.69) is 22.5 Å². The quantitative estimate of drug-likeness (QED) is 0.555. The zero-order valence-electron chi connectivity index (χ0n) is 6.86. The van der Waals surface area contributed by atoms with Crippen LogP contribution in [0, 0.1) is 5.92 Å². The molecule has 0 aliphatic carbocycles. The molecule has 13 heavy (non-hydrogen) atoms. The van der Waals surface area contributed by atoms with E-state index in [1.165, 1.54) is 0 Å². The summed E-state index contributed by atoms with van der Waals surface area (Å²) in [6.45, 7) is 1.57. The fourth-order valence-corrected chi connectivity index (χ4v) is 1.30. The first-order valence-corrected chi connectivity index (χ1v) is 4.01. The van der Waals surface area contributed by atoms with Gasteiger partial charge in [-0.2, -0.15) is 0 Å². The van der Waals surface area contributed by atoms with E-state index in [9.17, 15) is 14.7 Å². The largest absolute Gasteiger partial charge is 0.550 e.